The monoisotopic (exact) mass is 202 g/mol. The van der Waals surface area contributed by atoms with Gasteiger partial charge in [0.25, 0.3) is 0 Å². The number of rotatable bonds is 3. The van der Waals surface area contributed by atoms with Gasteiger partial charge in [-0.25, -0.2) is 4.79 Å². The first-order chi connectivity index (χ1) is 6.65. The Hall–Kier alpha value is -1.10. The van der Waals surface area contributed by atoms with Crippen molar-refractivity contribution in [1.29, 1.82) is 0 Å². The van der Waals surface area contributed by atoms with E-state index in [0.717, 1.165) is 0 Å². The lowest BCUT2D eigenvalue weighted by Gasteiger charge is -2.25. The highest BCUT2D eigenvalue weighted by atomic mass is 16.6. The van der Waals surface area contributed by atoms with Gasteiger partial charge in [-0.2, -0.15) is 0 Å². The summed E-state index contributed by atoms with van der Waals surface area (Å²) in [5.74, 6) is -1.82. The van der Waals surface area contributed by atoms with E-state index in [2.05, 4.69) is 0 Å². The molecule has 1 fully saturated rings. The lowest BCUT2D eigenvalue weighted by Crippen LogP contribution is -2.36. The summed E-state index contributed by atoms with van der Waals surface area (Å²) in [7, 11) is 0. The summed E-state index contributed by atoms with van der Waals surface area (Å²) in [6.45, 7) is 2.30. The maximum Gasteiger partial charge on any atom is 0.335 e. The number of carbonyl (C=O) groups excluding carboxylic acids is 1. The van der Waals surface area contributed by atoms with Gasteiger partial charge in [0.1, 0.15) is 0 Å². The van der Waals surface area contributed by atoms with Gasteiger partial charge >= 0.3 is 11.9 Å². The number of hydrogen-bond acceptors (Lipinski definition) is 4. The number of carbonyl (C=O) groups is 2. The van der Waals surface area contributed by atoms with Crippen LogP contribution in [-0.4, -0.2) is 36.4 Å². The van der Waals surface area contributed by atoms with Gasteiger partial charge in [0.15, 0.2) is 6.10 Å². The number of hydrogen-bond donors (Lipinski definition) is 1. The molecular weight excluding hydrogens is 188 g/mol. The van der Waals surface area contributed by atoms with E-state index in [9.17, 15) is 9.59 Å². The number of aliphatic carboxylic acids is 1. The number of ether oxygens (including phenoxy) is 2. The second-order valence-electron chi connectivity index (χ2n) is 3.17. The summed E-state index contributed by atoms with van der Waals surface area (Å²) in [5.41, 5.74) is 0. The molecule has 2 atom stereocenters. The summed E-state index contributed by atoms with van der Waals surface area (Å²) < 4.78 is 9.89. The molecule has 1 rings (SSSR count). The topological polar surface area (TPSA) is 72.8 Å². The number of carboxylic acids is 1. The van der Waals surface area contributed by atoms with Crippen molar-refractivity contribution in [2.24, 2.45) is 5.92 Å². The maximum absolute atomic E-state index is 11.2. The molecule has 0 spiro atoms. The summed E-state index contributed by atoms with van der Waals surface area (Å²) in [6, 6.07) is 0. The highest BCUT2D eigenvalue weighted by molar-refractivity contribution is 5.77. The molecule has 0 aromatic carbocycles. The largest absolute Gasteiger partial charge is 0.481 e. The molecule has 0 bridgehead atoms. The van der Waals surface area contributed by atoms with Crippen LogP contribution in [0.4, 0.5) is 0 Å². The van der Waals surface area contributed by atoms with Gasteiger partial charge in [-0.15, -0.1) is 0 Å². The molecule has 1 aliphatic heterocycles. The number of carboxylic acid groups (broad SMARTS) is 1. The molecule has 0 aromatic rings. The Bertz CT molecular complexity index is 225. The molecule has 0 aliphatic carbocycles. The summed E-state index contributed by atoms with van der Waals surface area (Å²) >= 11 is 0. The molecule has 5 heteroatoms. The van der Waals surface area contributed by atoms with Crippen LogP contribution < -0.4 is 0 Å². The van der Waals surface area contributed by atoms with E-state index in [0.29, 0.717) is 13.0 Å². The van der Waals surface area contributed by atoms with Crippen LogP contribution in [0, 0.1) is 5.92 Å². The van der Waals surface area contributed by atoms with Crippen molar-refractivity contribution in [3.05, 3.63) is 0 Å². The smallest absolute Gasteiger partial charge is 0.335 e. The van der Waals surface area contributed by atoms with Gasteiger partial charge in [0.05, 0.1) is 12.5 Å². The van der Waals surface area contributed by atoms with Crippen LogP contribution in [-0.2, 0) is 19.1 Å². The Morgan fingerprint density at radius 1 is 1.57 bits per heavy atom. The third-order valence-electron chi connectivity index (χ3n) is 2.18. The normalized spacial score (nSPS) is 26.9. The standard InChI is InChI=1S/C9H14O5/c1-2-13-9(12)7-5-6(8(10)11)3-4-14-7/h6-7H,2-5H2,1H3,(H,10,11). The van der Waals surface area contributed by atoms with E-state index in [1.807, 2.05) is 0 Å². The van der Waals surface area contributed by atoms with E-state index in [1.165, 1.54) is 0 Å². The van der Waals surface area contributed by atoms with Gasteiger partial charge in [0.2, 0.25) is 0 Å². The van der Waals surface area contributed by atoms with Crippen molar-refractivity contribution < 1.29 is 24.2 Å². The van der Waals surface area contributed by atoms with Crippen LogP contribution in [0.3, 0.4) is 0 Å². The minimum Gasteiger partial charge on any atom is -0.481 e. The van der Waals surface area contributed by atoms with Crippen LogP contribution >= 0.6 is 0 Å². The van der Waals surface area contributed by atoms with E-state index in [4.69, 9.17) is 14.6 Å². The molecular formula is C9H14O5. The summed E-state index contributed by atoms with van der Waals surface area (Å²) in [6.07, 6.45) is -0.0239. The Balaban J connectivity index is 2.47. The minimum atomic E-state index is -0.873. The van der Waals surface area contributed by atoms with E-state index < -0.39 is 24.0 Å². The molecule has 1 aliphatic rings. The second-order valence-corrected chi connectivity index (χ2v) is 3.17. The lowest BCUT2D eigenvalue weighted by atomic mass is 9.96. The highest BCUT2D eigenvalue weighted by Gasteiger charge is 2.32. The zero-order valence-corrected chi connectivity index (χ0v) is 8.06. The molecule has 14 heavy (non-hydrogen) atoms. The zero-order valence-electron chi connectivity index (χ0n) is 8.06. The van der Waals surface area contributed by atoms with Crippen LogP contribution in [0.1, 0.15) is 19.8 Å². The molecule has 0 amide bonds. The van der Waals surface area contributed by atoms with Gasteiger partial charge in [-0.05, 0) is 19.8 Å². The fourth-order valence-electron chi connectivity index (χ4n) is 1.42. The minimum absolute atomic E-state index is 0.216. The Morgan fingerprint density at radius 3 is 2.86 bits per heavy atom. The average Bonchev–Trinajstić information content (AvgIpc) is 2.18. The molecule has 1 saturated heterocycles. The van der Waals surface area contributed by atoms with E-state index >= 15 is 0 Å². The Kier molecular flexibility index (Phi) is 3.88. The van der Waals surface area contributed by atoms with Crippen molar-refractivity contribution in [2.75, 3.05) is 13.2 Å². The van der Waals surface area contributed by atoms with E-state index in [-0.39, 0.29) is 13.0 Å². The van der Waals surface area contributed by atoms with Crippen LogP contribution in [0.15, 0.2) is 0 Å². The van der Waals surface area contributed by atoms with Crippen LogP contribution in [0.25, 0.3) is 0 Å². The Labute approximate surface area is 82.0 Å². The fourth-order valence-corrected chi connectivity index (χ4v) is 1.42. The predicted octanol–water partition coefficient (Wildman–Crippen LogP) is 0.429. The molecule has 5 nitrogen and oxygen atoms in total. The molecule has 1 heterocycles. The molecule has 2 unspecified atom stereocenters. The quantitative estimate of drug-likeness (QED) is 0.672. The SMILES string of the molecule is CCOC(=O)C1CC(C(=O)O)CCO1. The summed E-state index contributed by atoms with van der Waals surface area (Å²) in [5, 5.41) is 8.76. The molecule has 80 valence electrons. The third kappa shape index (κ3) is 2.70. The van der Waals surface area contributed by atoms with Gasteiger partial charge in [0, 0.05) is 6.61 Å². The van der Waals surface area contributed by atoms with E-state index in [1.54, 1.807) is 6.92 Å². The average molecular weight is 202 g/mol. The highest BCUT2D eigenvalue weighted by Crippen LogP contribution is 2.21. The third-order valence-corrected chi connectivity index (χ3v) is 2.18. The first kappa shape index (κ1) is 11.0. The van der Waals surface area contributed by atoms with Gasteiger partial charge < -0.3 is 14.6 Å². The number of esters is 1. The van der Waals surface area contributed by atoms with Crippen LogP contribution in [0.2, 0.25) is 0 Å². The van der Waals surface area contributed by atoms with Crippen molar-refractivity contribution >= 4 is 11.9 Å². The Morgan fingerprint density at radius 2 is 2.29 bits per heavy atom. The molecule has 1 N–H and O–H groups in total. The van der Waals surface area contributed by atoms with Gasteiger partial charge in [-0.1, -0.05) is 0 Å². The van der Waals surface area contributed by atoms with Crippen molar-refractivity contribution in [3.63, 3.8) is 0 Å². The zero-order chi connectivity index (χ0) is 10.6. The first-order valence-corrected chi connectivity index (χ1v) is 4.66. The maximum atomic E-state index is 11.2. The second kappa shape index (κ2) is 4.95. The van der Waals surface area contributed by atoms with Crippen LogP contribution in [0.5, 0.6) is 0 Å². The van der Waals surface area contributed by atoms with Crippen molar-refractivity contribution in [3.8, 4) is 0 Å². The van der Waals surface area contributed by atoms with Gasteiger partial charge in [-0.3, -0.25) is 4.79 Å². The van der Waals surface area contributed by atoms with Crippen molar-refractivity contribution in [1.82, 2.24) is 0 Å². The molecule has 0 radical (unpaired) electrons. The molecule has 0 saturated carbocycles. The predicted molar refractivity (Wildman–Crippen MR) is 46.7 cm³/mol. The first-order valence-electron chi connectivity index (χ1n) is 4.66. The molecule has 0 aromatic heterocycles. The fraction of sp³-hybridized carbons (Fsp3) is 0.778. The van der Waals surface area contributed by atoms with Crippen molar-refractivity contribution in [2.45, 2.75) is 25.9 Å². The summed E-state index contributed by atoms with van der Waals surface area (Å²) in [4.78, 5) is 21.9. The lowest BCUT2D eigenvalue weighted by molar-refractivity contribution is -0.164.